The fourth-order valence-corrected chi connectivity index (χ4v) is 9.55. The summed E-state index contributed by atoms with van der Waals surface area (Å²) in [5.41, 5.74) is 5.65. The minimum absolute atomic E-state index is 0. The molecule has 0 atom stereocenters. The van der Waals surface area contributed by atoms with Gasteiger partial charge in [-0.15, -0.1) is 51.8 Å². The number of carbonyl (C=O) groups excluding carboxylic acids is 1. The summed E-state index contributed by atoms with van der Waals surface area (Å²) < 4.78 is 2.61. The molecule has 0 aliphatic heterocycles. The third-order valence-corrected chi connectivity index (χ3v) is 14.4. The predicted molar refractivity (Wildman–Crippen MR) is 237 cm³/mol. The van der Waals surface area contributed by atoms with E-state index in [2.05, 4.69) is 108 Å². The second-order valence-electron chi connectivity index (χ2n) is 17.0. The van der Waals surface area contributed by atoms with Crippen molar-refractivity contribution in [2.75, 3.05) is 0 Å². The topological polar surface area (TPSA) is 50.2 Å². The number of rotatable bonds is 11. The van der Waals surface area contributed by atoms with E-state index in [1.165, 1.54) is 58.1 Å². The van der Waals surface area contributed by atoms with Gasteiger partial charge in [0, 0.05) is 68.1 Å². The summed E-state index contributed by atoms with van der Waals surface area (Å²) in [5, 5.41) is 15.2. The molecule has 6 heteroatoms. The Bertz CT molecular complexity index is 2290. The van der Waals surface area contributed by atoms with Gasteiger partial charge in [-0.3, -0.25) is 9.78 Å². The number of nitrogens with zero attached hydrogens (tertiary/aromatic N) is 1. The summed E-state index contributed by atoms with van der Waals surface area (Å²) in [5.74, 6) is 0.950. The van der Waals surface area contributed by atoms with E-state index in [0.29, 0.717) is 5.92 Å². The number of aryl methyl sites for hydroxylation is 1. The Hall–Kier alpha value is -3.15. The number of benzene rings is 3. The first-order chi connectivity index (χ1) is 25.5. The van der Waals surface area contributed by atoms with Crippen molar-refractivity contribution in [1.29, 1.82) is 0 Å². The van der Waals surface area contributed by atoms with Gasteiger partial charge < -0.3 is 5.11 Å². The van der Waals surface area contributed by atoms with Gasteiger partial charge in [-0.05, 0) is 90.5 Å². The summed E-state index contributed by atoms with van der Waals surface area (Å²) in [6, 6.07) is 26.2. The number of hydrogen-bond acceptors (Lipinski definition) is 5. The smallest absolute Gasteiger partial charge is 0.164 e. The zero-order valence-electron chi connectivity index (χ0n) is 35.0. The molecule has 0 bridgehead atoms. The van der Waals surface area contributed by atoms with Crippen LogP contribution in [0.25, 0.3) is 52.0 Å². The number of aliphatic hydroxyl groups excluding tert-OH is 1. The second kappa shape index (κ2) is 18.0. The van der Waals surface area contributed by atoms with E-state index in [1.807, 2.05) is 70.4 Å². The number of thiophene rings is 2. The summed E-state index contributed by atoms with van der Waals surface area (Å²) in [4.78, 5) is 19.8. The molecular weight excluding hydrogens is 891 g/mol. The molecule has 0 spiro atoms. The number of pyridine rings is 1. The van der Waals surface area contributed by atoms with Gasteiger partial charge in [0.25, 0.3) is 0 Å². The van der Waals surface area contributed by atoms with Crippen molar-refractivity contribution in [1.82, 2.24) is 4.98 Å². The van der Waals surface area contributed by atoms with Crippen LogP contribution in [0.15, 0.2) is 78.7 Å². The Morgan fingerprint density at radius 2 is 1.51 bits per heavy atom. The number of aromatic nitrogens is 1. The number of carbonyl (C=O) groups is 1. The van der Waals surface area contributed by atoms with E-state index < -0.39 is 0 Å². The molecule has 0 aliphatic carbocycles. The molecule has 0 saturated heterocycles. The summed E-state index contributed by atoms with van der Waals surface area (Å²) >= 11 is 3.77. The number of ketones is 1. The van der Waals surface area contributed by atoms with Gasteiger partial charge in [-0.2, -0.15) is 0 Å². The maximum atomic E-state index is 12.2. The molecule has 0 amide bonds. The van der Waals surface area contributed by atoms with Crippen molar-refractivity contribution >= 4 is 59.4 Å². The van der Waals surface area contributed by atoms with E-state index in [9.17, 15) is 9.90 Å². The maximum Gasteiger partial charge on any atom is 0.164 e. The van der Waals surface area contributed by atoms with Crippen LogP contribution in [0.1, 0.15) is 119 Å². The summed E-state index contributed by atoms with van der Waals surface area (Å²) in [7, 11) is 0. The fourth-order valence-electron chi connectivity index (χ4n) is 7.04. The molecule has 1 N–H and O–H groups in total. The van der Waals surface area contributed by atoms with Gasteiger partial charge in [-0.1, -0.05) is 117 Å². The van der Waals surface area contributed by atoms with E-state index in [1.54, 1.807) is 0 Å². The molecule has 3 aromatic carbocycles. The van der Waals surface area contributed by atoms with Crippen molar-refractivity contribution in [3.8, 4) is 21.0 Å². The van der Waals surface area contributed by atoms with E-state index >= 15 is 0 Å². The van der Waals surface area contributed by atoms with Crippen molar-refractivity contribution in [2.45, 2.75) is 121 Å². The van der Waals surface area contributed by atoms with Gasteiger partial charge in [0.05, 0.1) is 0 Å². The first kappa shape index (κ1) is 44.6. The number of fused-ring (bicyclic) bond motifs is 3. The quantitative estimate of drug-likeness (QED) is 0.0800. The number of hydrogen-bond donors (Lipinski definition) is 1. The molecule has 0 unspecified atom stereocenters. The van der Waals surface area contributed by atoms with Gasteiger partial charge in [0.1, 0.15) is 5.76 Å². The van der Waals surface area contributed by atoms with Crippen LogP contribution in [0, 0.1) is 29.7 Å². The zero-order valence-corrected chi connectivity index (χ0v) is 39.0. The van der Waals surface area contributed by atoms with Gasteiger partial charge in [0.2, 0.25) is 0 Å². The molecule has 3 heterocycles. The molecule has 0 aliphatic rings. The number of allylic oxidation sites excluding steroid dienone is 2. The Balaban J connectivity index is 0.000000320. The Kier molecular flexibility index (Phi) is 14.6. The van der Waals surface area contributed by atoms with E-state index in [4.69, 9.17) is 4.98 Å². The molecule has 55 heavy (non-hydrogen) atoms. The molecule has 1 radical (unpaired) electrons. The monoisotopic (exact) mass is 951 g/mol. The van der Waals surface area contributed by atoms with Crippen molar-refractivity contribution in [2.24, 2.45) is 16.7 Å². The van der Waals surface area contributed by atoms with Crippen LogP contribution in [0.3, 0.4) is 0 Å². The second-order valence-corrected chi connectivity index (χ2v) is 19.1. The van der Waals surface area contributed by atoms with Crippen LogP contribution in [-0.2, 0) is 36.7 Å². The van der Waals surface area contributed by atoms with Crippen LogP contribution in [-0.4, -0.2) is 15.9 Å². The molecule has 6 rings (SSSR count). The standard InChI is InChI=1S/C34H32NS2.C15H28O2.Ir/c1-20(2)15-22-11-12-29-24(16-22)19-30(36-29)32-21(3)26-13-14-35-31(33(26)37-32)25-17-23-9-7-8-10-27(23)28(18-25)34(4,5)6;1-7-14(5,8-2)12(16)11-13(17)15(6,9-3)10-4;/h7-14,16,18-20H,15H2,1-6H3;11,16H,7-10H2,1-6H3;/q-1;;/b;12-11-;. The SMILES string of the molecule is CCC(C)(CC)C(=O)/C=C(\O)C(C)(CC)CC.Cc1c(-c2cc3cc(CC(C)C)ccc3s2)sc2c(-c3[c-]c4ccccc4c(C(C)(C)C)c3)nccc12.[Ir]. The first-order valence-corrected chi connectivity index (χ1v) is 21.4. The first-order valence-electron chi connectivity index (χ1n) is 19.8. The third kappa shape index (κ3) is 9.53. The molecule has 295 valence electrons. The normalized spacial score (nSPS) is 12.6. The van der Waals surface area contributed by atoms with E-state index in [-0.39, 0.29) is 47.9 Å². The van der Waals surface area contributed by atoms with Gasteiger partial charge in [0.15, 0.2) is 5.78 Å². The third-order valence-electron chi connectivity index (χ3n) is 11.7. The van der Waals surface area contributed by atoms with Gasteiger partial charge >= 0.3 is 0 Å². The largest absolute Gasteiger partial charge is 0.512 e. The number of aliphatic hydroxyl groups is 1. The molecular formula is C49H60IrNO2S2-. The van der Waals surface area contributed by atoms with Crippen LogP contribution in [0.5, 0.6) is 0 Å². The molecule has 6 aromatic rings. The van der Waals surface area contributed by atoms with Crippen LogP contribution in [0.2, 0.25) is 0 Å². The summed E-state index contributed by atoms with van der Waals surface area (Å²) in [6.45, 7) is 25.8. The minimum atomic E-state index is -0.337. The van der Waals surface area contributed by atoms with Gasteiger partial charge in [-0.25, -0.2) is 0 Å². The fraction of sp³-hybridized carbons (Fsp3) is 0.429. The van der Waals surface area contributed by atoms with Crippen LogP contribution in [0.4, 0.5) is 0 Å². The van der Waals surface area contributed by atoms with Crippen molar-refractivity contribution in [3.63, 3.8) is 0 Å². The maximum absolute atomic E-state index is 12.2. The minimum Gasteiger partial charge on any atom is -0.512 e. The molecule has 0 saturated carbocycles. The molecule has 0 fully saturated rings. The van der Waals surface area contributed by atoms with Crippen molar-refractivity contribution in [3.05, 3.63) is 101 Å². The predicted octanol–water partition coefficient (Wildman–Crippen LogP) is 15.3. The van der Waals surface area contributed by atoms with E-state index in [0.717, 1.165) is 48.7 Å². The average Bonchev–Trinajstić information content (AvgIpc) is 3.73. The zero-order chi connectivity index (χ0) is 39.6. The van der Waals surface area contributed by atoms with Crippen LogP contribution < -0.4 is 0 Å². The average molecular weight is 951 g/mol. The summed E-state index contributed by atoms with van der Waals surface area (Å²) in [6.07, 6.45) is 7.84. The Labute approximate surface area is 352 Å². The van der Waals surface area contributed by atoms with Crippen molar-refractivity contribution < 1.29 is 30.0 Å². The Morgan fingerprint density at radius 1 is 0.855 bits per heavy atom. The molecule has 3 nitrogen and oxygen atoms in total. The Morgan fingerprint density at radius 3 is 2.13 bits per heavy atom. The molecule has 3 aromatic heterocycles. The van der Waals surface area contributed by atoms with Crippen LogP contribution >= 0.6 is 22.7 Å².